The third-order valence-corrected chi connectivity index (χ3v) is 4.11. The number of furan rings is 1. The maximum atomic E-state index is 12.1. The molecule has 0 bridgehead atoms. The van der Waals surface area contributed by atoms with Crippen molar-refractivity contribution < 1.29 is 9.21 Å². The van der Waals surface area contributed by atoms with Crippen LogP contribution in [-0.4, -0.2) is 24.0 Å². The molecular weight excluding hydrogens is 276 g/mol. The lowest BCUT2D eigenvalue weighted by molar-refractivity contribution is 0.190. The van der Waals surface area contributed by atoms with Crippen LogP contribution >= 0.6 is 0 Å². The molecule has 4 nitrogen and oxygen atoms in total. The number of benzene rings is 1. The van der Waals surface area contributed by atoms with Gasteiger partial charge in [-0.2, -0.15) is 0 Å². The number of urea groups is 1. The standard InChI is InChI=1S/C18H22N2O2/c21-18(20-12-9-17-16(14-20)10-13-22-17)19-11-5-4-8-15-6-2-1-3-7-15/h1-3,6-7,10,13H,4-5,8-9,11-12,14H2,(H,19,21). The van der Waals surface area contributed by atoms with E-state index in [9.17, 15) is 4.79 Å². The molecule has 0 radical (unpaired) electrons. The first-order valence-electron chi connectivity index (χ1n) is 7.95. The fourth-order valence-corrected chi connectivity index (χ4v) is 2.83. The quantitative estimate of drug-likeness (QED) is 0.860. The highest BCUT2D eigenvalue weighted by Crippen LogP contribution is 2.19. The summed E-state index contributed by atoms with van der Waals surface area (Å²) in [6.07, 6.45) is 5.68. The van der Waals surface area contributed by atoms with Gasteiger partial charge < -0.3 is 14.6 Å². The van der Waals surface area contributed by atoms with Crippen molar-refractivity contribution in [2.45, 2.75) is 32.2 Å². The number of rotatable bonds is 5. The Balaban J connectivity index is 1.35. The highest BCUT2D eigenvalue weighted by Gasteiger charge is 2.21. The number of carbonyl (C=O) groups is 1. The molecule has 116 valence electrons. The van der Waals surface area contributed by atoms with Gasteiger partial charge in [0.15, 0.2) is 0 Å². The van der Waals surface area contributed by atoms with Crippen molar-refractivity contribution in [1.82, 2.24) is 10.2 Å². The Hall–Kier alpha value is -2.23. The largest absolute Gasteiger partial charge is 0.469 e. The van der Waals surface area contributed by atoms with Gasteiger partial charge in [0.05, 0.1) is 12.8 Å². The summed E-state index contributed by atoms with van der Waals surface area (Å²) >= 11 is 0. The van der Waals surface area contributed by atoms with Crippen molar-refractivity contribution in [3.8, 4) is 0 Å². The average molecular weight is 298 g/mol. The first kappa shape index (κ1) is 14.7. The molecule has 0 atom stereocenters. The summed E-state index contributed by atoms with van der Waals surface area (Å²) in [5.74, 6) is 1.02. The van der Waals surface area contributed by atoms with E-state index in [4.69, 9.17) is 4.42 Å². The normalized spacial score (nSPS) is 13.7. The molecule has 0 spiro atoms. The Bertz CT molecular complexity index is 607. The van der Waals surface area contributed by atoms with E-state index in [1.54, 1.807) is 6.26 Å². The van der Waals surface area contributed by atoms with Gasteiger partial charge in [-0.3, -0.25) is 0 Å². The third-order valence-electron chi connectivity index (χ3n) is 4.11. The van der Waals surface area contributed by atoms with Crippen LogP contribution < -0.4 is 5.32 Å². The van der Waals surface area contributed by atoms with Gasteiger partial charge in [-0.1, -0.05) is 30.3 Å². The van der Waals surface area contributed by atoms with Gasteiger partial charge in [0.1, 0.15) is 5.76 Å². The highest BCUT2D eigenvalue weighted by molar-refractivity contribution is 5.74. The molecule has 0 fully saturated rings. The zero-order valence-corrected chi connectivity index (χ0v) is 12.8. The van der Waals surface area contributed by atoms with Crippen molar-refractivity contribution in [3.05, 3.63) is 59.5 Å². The van der Waals surface area contributed by atoms with Crippen molar-refractivity contribution in [1.29, 1.82) is 0 Å². The molecule has 2 heterocycles. The van der Waals surface area contributed by atoms with E-state index in [0.717, 1.165) is 50.1 Å². The highest BCUT2D eigenvalue weighted by atomic mass is 16.3. The fourth-order valence-electron chi connectivity index (χ4n) is 2.83. The third kappa shape index (κ3) is 3.70. The molecule has 2 amide bonds. The maximum Gasteiger partial charge on any atom is 0.317 e. The van der Waals surface area contributed by atoms with Crippen LogP contribution in [0, 0.1) is 0 Å². The van der Waals surface area contributed by atoms with Crippen LogP contribution in [0.3, 0.4) is 0 Å². The zero-order chi connectivity index (χ0) is 15.2. The van der Waals surface area contributed by atoms with Crippen molar-refractivity contribution in [3.63, 3.8) is 0 Å². The molecule has 1 aliphatic heterocycles. The molecule has 2 aromatic rings. The summed E-state index contributed by atoms with van der Waals surface area (Å²) in [6, 6.07) is 12.5. The van der Waals surface area contributed by atoms with Gasteiger partial charge in [-0.25, -0.2) is 4.79 Å². The second-order valence-corrected chi connectivity index (χ2v) is 5.72. The summed E-state index contributed by atoms with van der Waals surface area (Å²) < 4.78 is 5.38. The Labute approximate surface area is 131 Å². The predicted octanol–water partition coefficient (Wildman–Crippen LogP) is 3.37. The Morgan fingerprint density at radius 1 is 1.18 bits per heavy atom. The monoisotopic (exact) mass is 298 g/mol. The molecule has 22 heavy (non-hydrogen) atoms. The Morgan fingerprint density at radius 3 is 2.91 bits per heavy atom. The summed E-state index contributed by atoms with van der Waals surface area (Å²) in [4.78, 5) is 14.0. The summed E-state index contributed by atoms with van der Waals surface area (Å²) in [6.45, 7) is 2.12. The minimum atomic E-state index is 0.0339. The molecule has 1 aromatic carbocycles. The van der Waals surface area contributed by atoms with E-state index in [0.29, 0.717) is 6.54 Å². The lowest BCUT2D eigenvalue weighted by Gasteiger charge is -2.26. The van der Waals surface area contributed by atoms with Crippen molar-refractivity contribution in [2.75, 3.05) is 13.1 Å². The SMILES string of the molecule is O=C(NCCCCc1ccccc1)N1CCc2occc2C1. The van der Waals surface area contributed by atoms with E-state index in [2.05, 4.69) is 29.6 Å². The number of unbranched alkanes of at least 4 members (excludes halogenated alkanes) is 1. The minimum Gasteiger partial charge on any atom is -0.469 e. The summed E-state index contributed by atoms with van der Waals surface area (Å²) in [5, 5.41) is 3.02. The van der Waals surface area contributed by atoms with Crippen LogP contribution in [0.15, 0.2) is 47.1 Å². The van der Waals surface area contributed by atoms with Gasteiger partial charge in [-0.15, -0.1) is 0 Å². The molecule has 1 aromatic heterocycles. The van der Waals surface area contributed by atoms with E-state index in [1.807, 2.05) is 17.0 Å². The van der Waals surface area contributed by atoms with E-state index in [-0.39, 0.29) is 6.03 Å². The van der Waals surface area contributed by atoms with Crippen LogP contribution in [0.25, 0.3) is 0 Å². The molecule has 0 saturated carbocycles. The second kappa shape index (κ2) is 7.16. The molecule has 0 unspecified atom stereocenters. The number of fused-ring (bicyclic) bond motifs is 1. The van der Waals surface area contributed by atoms with E-state index in [1.165, 1.54) is 5.56 Å². The van der Waals surface area contributed by atoms with Gasteiger partial charge in [0.25, 0.3) is 0 Å². The molecule has 3 rings (SSSR count). The van der Waals surface area contributed by atoms with Gasteiger partial charge in [0.2, 0.25) is 0 Å². The topological polar surface area (TPSA) is 45.5 Å². The first-order valence-corrected chi connectivity index (χ1v) is 7.95. The average Bonchev–Trinajstić information content (AvgIpc) is 3.03. The van der Waals surface area contributed by atoms with Crippen LogP contribution in [0.4, 0.5) is 4.79 Å². The van der Waals surface area contributed by atoms with Gasteiger partial charge in [-0.05, 0) is 30.9 Å². The fraction of sp³-hybridized carbons (Fsp3) is 0.389. The molecule has 0 aliphatic carbocycles. The Morgan fingerprint density at radius 2 is 2.05 bits per heavy atom. The van der Waals surface area contributed by atoms with Crippen LogP contribution in [0.1, 0.15) is 29.7 Å². The van der Waals surface area contributed by atoms with Gasteiger partial charge in [0, 0.05) is 25.1 Å². The number of amides is 2. The Kier molecular flexibility index (Phi) is 4.78. The first-order chi connectivity index (χ1) is 10.8. The molecule has 1 aliphatic rings. The molecule has 1 N–H and O–H groups in total. The lowest BCUT2D eigenvalue weighted by Crippen LogP contribution is -2.42. The molecular formula is C18H22N2O2. The van der Waals surface area contributed by atoms with E-state index < -0.39 is 0 Å². The zero-order valence-electron chi connectivity index (χ0n) is 12.8. The number of carbonyl (C=O) groups excluding carboxylic acids is 1. The number of nitrogens with one attached hydrogen (secondary N) is 1. The summed E-state index contributed by atoms with van der Waals surface area (Å²) in [7, 11) is 0. The molecule has 0 saturated heterocycles. The van der Waals surface area contributed by atoms with Crippen LogP contribution in [0.2, 0.25) is 0 Å². The van der Waals surface area contributed by atoms with Crippen LogP contribution in [0.5, 0.6) is 0 Å². The van der Waals surface area contributed by atoms with E-state index >= 15 is 0 Å². The van der Waals surface area contributed by atoms with Crippen molar-refractivity contribution in [2.24, 2.45) is 0 Å². The van der Waals surface area contributed by atoms with Gasteiger partial charge >= 0.3 is 6.03 Å². The minimum absolute atomic E-state index is 0.0339. The van der Waals surface area contributed by atoms with Crippen LogP contribution in [-0.2, 0) is 19.4 Å². The lowest BCUT2D eigenvalue weighted by atomic mass is 10.1. The predicted molar refractivity (Wildman–Crippen MR) is 85.6 cm³/mol. The maximum absolute atomic E-state index is 12.1. The number of hydrogen-bond acceptors (Lipinski definition) is 2. The summed E-state index contributed by atoms with van der Waals surface area (Å²) in [5.41, 5.74) is 2.49. The number of nitrogens with zero attached hydrogens (tertiary/aromatic N) is 1. The molecule has 4 heteroatoms. The number of aryl methyl sites for hydroxylation is 1. The smallest absolute Gasteiger partial charge is 0.317 e. The van der Waals surface area contributed by atoms with Crippen molar-refractivity contribution >= 4 is 6.03 Å². The second-order valence-electron chi connectivity index (χ2n) is 5.72. The number of hydrogen-bond donors (Lipinski definition) is 1.